The zero-order chi connectivity index (χ0) is 20.1. The predicted octanol–water partition coefficient (Wildman–Crippen LogP) is 4.65. The van der Waals surface area contributed by atoms with Crippen LogP contribution in [0.5, 0.6) is 0 Å². The first-order chi connectivity index (χ1) is 14.2. The molecule has 0 aliphatic carbocycles. The Labute approximate surface area is 181 Å². The van der Waals surface area contributed by atoms with Gasteiger partial charge in [-0.25, -0.2) is 0 Å². The molecule has 0 saturated carbocycles. The fourth-order valence-electron chi connectivity index (χ4n) is 3.99. The summed E-state index contributed by atoms with van der Waals surface area (Å²) < 4.78 is 5.43. The summed E-state index contributed by atoms with van der Waals surface area (Å²) in [7, 11) is 0. The van der Waals surface area contributed by atoms with Crippen molar-refractivity contribution >= 4 is 34.9 Å². The summed E-state index contributed by atoms with van der Waals surface area (Å²) in [4.78, 5) is 19.3. The van der Waals surface area contributed by atoms with Crippen LogP contribution in [0.3, 0.4) is 0 Å². The smallest absolute Gasteiger partial charge is 0.246 e. The zero-order valence-corrected chi connectivity index (χ0v) is 18.1. The van der Waals surface area contributed by atoms with Crippen LogP contribution < -0.4 is 0 Å². The normalized spacial score (nSPS) is 19.1. The number of carbonyl (C=O) groups is 1. The first-order valence-corrected chi connectivity index (χ1v) is 11.5. The number of hydrogen-bond donors (Lipinski definition) is 0. The maximum Gasteiger partial charge on any atom is 0.246 e. The molecule has 154 valence electrons. The Balaban J connectivity index is 1.28. The molecule has 2 saturated heterocycles. The monoisotopic (exact) mass is 430 g/mol. The molecule has 0 N–H and O–H groups in total. The summed E-state index contributed by atoms with van der Waals surface area (Å²) >= 11 is 7.94. The standard InChI is InChI=1S/C23H27ClN2O2S/c24-21-4-2-1-3-20(21)22-7-5-19(29-22)6-8-23(27)26-11-9-18(10-12-26)17-25-13-15-28-16-14-25/h1-8,18H,9-17H2. The quantitative estimate of drug-likeness (QED) is 0.647. The molecule has 4 rings (SSSR count). The molecule has 0 atom stereocenters. The van der Waals surface area contributed by atoms with Crippen LogP contribution >= 0.6 is 22.9 Å². The average molecular weight is 431 g/mol. The van der Waals surface area contributed by atoms with Crippen molar-refractivity contribution in [2.24, 2.45) is 5.92 Å². The van der Waals surface area contributed by atoms with Crippen LogP contribution in [0.15, 0.2) is 42.5 Å². The molecule has 2 fully saturated rings. The summed E-state index contributed by atoms with van der Waals surface area (Å²) in [6, 6.07) is 12.0. The van der Waals surface area contributed by atoms with Gasteiger partial charge in [-0.2, -0.15) is 0 Å². The number of morpholine rings is 1. The Morgan fingerprint density at radius 2 is 1.86 bits per heavy atom. The van der Waals surface area contributed by atoms with Gasteiger partial charge in [0.2, 0.25) is 5.91 Å². The molecule has 2 aliphatic heterocycles. The third kappa shape index (κ3) is 5.48. The molecule has 0 bridgehead atoms. The van der Waals surface area contributed by atoms with Gasteiger partial charge in [-0.1, -0.05) is 29.8 Å². The van der Waals surface area contributed by atoms with E-state index in [9.17, 15) is 4.79 Å². The van der Waals surface area contributed by atoms with E-state index in [-0.39, 0.29) is 5.91 Å². The number of nitrogens with zero attached hydrogens (tertiary/aromatic N) is 2. The number of thiophene rings is 1. The molecule has 2 aliphatic rings. The van der Waals surface area contributed by atoms with Crippen LogP contribution in [0, 0.1) is 5.92 Å². The number of halogens is 1. The molecule has 1 aromatic heterocycles. The number of benzene rings is 1. The fraction of sp³-hybridized carbons (Fsp3) is 0.435. The minimum atomic E-state index is 0.113. The van der Waals surface area contributed by atoms with Crippen molar-refractivity contribution in [3.05, 3.63) is 52.4 Å². The Kier molecular flexibility index (Phi) is 7.03. The topological polar surface area (TPSA) is 32.8 Å². The van der Waals surface area contributed by atoms with Crippen LogP contribution in [-0.2, 0) is 9.53 Å². The van der Waals surface area contributed by atoms with Crippen molar-refractivity contribution in [2.75, 3.05) is 45.9 Å². The first kappa shape index (κ1) is 20.6. The number of piperidine rings is 1. The van der Waals surface area contributed by atoms with E-state index in [1.807, 2.05) is 41.3 Å². The van der Waals surface area contributed by atoms with Gasteiger partial charge >= 0.3 is 0 Å². The zero-order valence-electron chi connectivity index (χ0n) is 16.6. The second kappa shape index (κ2) is 9.90. The van der Waals surface area contributed by atoms with Crippen molar-refractivity contribution in [1.82, 2.24) is 9.80 Å². The van der Waals surface area contributed by atoms with E-state index in [0.717, 1.165) is 79.1 Å². The van der Waals surface area contributed by atoms with Crippen molar-refractivity contribution in [2.45, 2.75) is 12.8 Å². The molecule has 1 aromatic carbocycles. The van der Waals surface area contributed by atoms with Crippen LogP contribution in [0.4, 0.5) is 0 Å². The van der Waals surface area contributed by atoms with Gasteiger partial charge in [0, 0.05) is 59.1 Å². The van der Waals surface area contributed by atoms with Gasteiger partial charge in [0.05, 0.1) is 13.2 Å². The predicted molar refractivity (Wildman–Crippen MR) is 120 cm³/mol. The SMILES string of the molecule is O=C(C=Cc1ccc(-c2ccccc2Cl)s1)N1CCC(CN2CCOCC2)CC1. The minimum Gasteiger partial charge on any atom is -0.379 e. The third-order valence-electron chi connectivity index (χ3n) is 5.70. The number of rotatable bonds is 5. The van der Waals surface area contributed by atoms with Crippen LogP contribution in [0.25, 0.3) is 16.5 Å². The molecule has 0 spiro atoms. The Morgan fingerprint density at radius 1 is 1.10 bits per heavy atom. The van der Waals surface area contributed by atoms with Gasteiger partial charge in [-0.05, 0) is 43.0 Å². The second-order valence-electron chi connectivity index (χ2n) is 7.70. The lowest BCUT2D eigenvalue weighted by molar-refractivity contribution is -0.127. The van der Waals surface area contributed by atoms with E-state index in [0.29, 0.717) is 5.92 Å². The summed E-state index contributed by atoms with van der Waals surface area (Å²) in [5.74, 6) is 0.805. The van der Waals surface area contributed by atoms with E-state index in [1.165, 1.54) is 0 Å². The van der Waals surface area contributed by atoms with Crippen LogP contribution in [-0.4, -0.2) is 61.6 Å². The minimum absolute atomic E-state index is 0.113. The largest absolute Gasteiger partial charge is 0.379 e. The number of amides is 1. The van der Waals surface area contributed by atoms with Gasteiger partial charge in [0.1, 0.15) is 0 Å². The van der Waals surface area contributed by atoms with Crippen molar-refractivity contribution in [1.29, 1.82) is 0 Å². The van der Waals surface area contributed by atoms with Crippen molar-refractivity contribution in [3.8, 4) is 10.4 Å². The van der Waals surface area contributed by atoms with E-state index < -0.39 is 0 Å². The lowest BCUT2D eigenvalue weighted by Crippen LogP contribution is -2.43. The Morgan fingerprint density at radius 3 is 2.62 bits per heavy atom. The summed E-state index contributed by atoms with van der Waals surface area (Å²) in [6.45, 7) is 6.63. The molecule has 0 unspecified atom stereocenters. The number of carbonyl (C=O) groups excluding carboxylic acids is 1. The highest BCUT2D eigenvalue weighted by molar-refractivity contribution is 7.16. The Hall–Kier alpha value is -1.66. The third-order valence-corrected chi connectivity index (χ3v) is 7.12. The molecule has 2 aromatic rings. The highest BCUT2D eigenvalue weighted by atomic mass is 35.5. The Bertz CT molecular complexity index is 852. The van der Waals surface area contributed by atoms with Crippen LogP contribution in [0.2, 0.25) is 5.02 Å². The summed E-state index contributed by atoms with van der Waals surface area (Å²) in [5, 5.41) is 0.751. The van der Waals surface area contributed by atoms with E-state index in [4.69, 9.17) is 16.3 Å². The molecule has 29 heavy (non-hydrogen) atoms. The molecule has 6 heteroatoms. The number of likely N-dealkylation sites (tertiary alicyclic amines) is 1. The van der Waals surface area contributed by atoms with Gasteiger partial charge < -0.3 is 9.64 Å². The lowest BCUT2D eigenvalue weighted by Gasteiger charge is -2.35. The molecule has 3 heterocycles. The van der Waals surface area contributed by atoms with Crippen molar-refractivity contribution < 1.29 is 9.53 Å². The van der Waals surface area contributed by atoms with Gasteiger partial charge in [-0.15, -0.1) is 11.3 Å². The highest BCUT2D eigenvalue weighted by Crippen LogP contribution is 2.33. The van der Waals surface area contributed by atoms with E-state index in [1.54, 1.807) is 17.4 Å². The number of hydrogen-bond acceptors (Lipinski definition) is 4. The van der Waals surface area contributed by atoms with Gasteiger partial charge in [0.15, 0.2) is 0 Å². The summed E-state index contributed by atoms with van der Waals surface area (Å²) in [5.41, 5.74) is 1.03. The van der Waals surface area contributed by atoms with Crippen LogP contribution in [0.1, 0.15) is 17.7 Å². The number of ether oxygens (including phenoxy) is 1. The molecule has 1 amide bonds. The van der Waals surface area contributed by atoms with Gasteiger partial charge in [-0.3, -0.25) is 9.69 Å². The van der Waals surface area contributed by atoms with E-state index >= 15 is 0 Å². The average Bonchev–Trinajstić information content (AvgIpc) is 3.22. The molecule has 0 radical (unpaired) electrons. The maximum atomic E-state index is 12.6. The molecular formula is C23H27ClN2O2S. The van der Waals surface area contributed by atoms with E-state index in [2.05, 4.69) is 11.0 Å². The highest BCUT2D eigenvalue weighted by Gasteiger charge is 2.24. The van der Waals surface area contributed by atoms with Gasteiger partial charge in [0.25, 0.3) is 0 Å². The maximum absolute atomic E-state index is 12.6. The fourth-order valence-corrected chi connectivity index (χ4v) is 5.24. The first-order valence-electron chi connectivity index (χ1n) is 10.3. The second-order valence-corrected chi connectivity index (χ2v) is 9.22. The van der Waals surface area contributed by atoms with Crippen molar-refractivity contribution in [3.63, 3.8) is 0 Å². The molecule has 4 nitrogen and oxygen atoms in total. The summed E-state index contributed by atoms with van der Waals surface area (Å²) in [6.07, 6.45) is 5.82. The molecular weight excluding hydrogens is 404 g/mol. The lowest BCUT2D eigenvalue weighted by atomic mass is 9.96.